The maximum atomic E-state index is 11.6. The SMILES string of the molecule is CC(O)CC(C)NC(=O)CCNC(=O)c1cccs1. The van der Waals surface area contributed by atoms with Crippen LogP contribution in [0.3, 0.4) is 0 Å². The number of carbonyl (C=O) groups is 2. The largest absolute Gasteiger partial charge is 0.393 e. The lowest BCUT2D eigenvalue weighted by Crippen LogP contribution is -2.36. The molecule has 0 saturated heterocycles. The highest BCUT2D eigenvalue weighted by Gasteiger charge is 2.10. The zero-order valence-electron chi connectivity index (χ0n) is 11.2. The second-order valence-corrected chi connectivity index (χ2v) is 5.48. The monoisotopic (exact) mass is 284 g/mol. The Labute approximate surface area is 117 Å². The predicted octanol–water partition coefficient (Wildman–Crippen LogP) is 1.14. The fraction of sp³-hybridized carbons (Fsp3) is 0.538. The quantitative estimate of drug-likeness (QED) is 0.702. The molecule has 0 bridgehead atoms. The van der Waals surface area contributed by atoms with E-state index in [2.05, 4.69) is 10.6 Å². The van der Waals surface area contributed by atoms with E-state index in [1.54, 1.807) is 13.0 Å². The fourth-order valence-corrected chi connectivity index (χ4v) is 2.34. The van der Waals surface area contributed by atoms with Crippen molar-refractivity contribution in [1.82, 2.24) is 10.6 Å². The molecule has 1 heterocycles. The van der Waals surface area contributed by atoms with E-state index in [4.69, 9.17) is 0 Å². The van der Waals surface area contributed by atoms with E-state index in [-0.39, 0.29) is 24.3 Å². The molecular formula is C13H20N2O3S. The fourth-order valence-electron chi connectivity index (χ4n) is 1.70. The summed E-state index contributed by atoms with van der Waals surface area (Å²) in [5.41, 5.74) is 0. The number of amides is 2. The number of thiophene rings is 1. The summed E-state index contributed by atoms with van der Waals surface area (Å²) in [6.07, 6.45) is 0.322. The van der Waals surface area contributed by atoms with Crippen LogP contribution in [0.25, 0.3) is 0 Å². The molecule has 0 saturated carbocycles. The summed E-state index contributed by atoms with van der Waals surface area (Å²) >= 11 is 1.37. The van der Waals surface area contributed by atoms with Gasteiger partial charge >= 0.3 is 0 Å². The molecule has 0 fully saturated rings. The first-order valence-electron chi connectivity index (χ1n) is 6.28. The van der Waals surface area contributed by atoms with Crippen molar-refractivity contribution in [3.05, 3.63) is 22.4 Å². The summed E-state index contributed by atoms with van der Waals surface area (Å²) in [4.78, 5) is 23.8. The van der Waals surface area contributed by atoms with Gasteiger partial charge < -0.3 is 15.7 Å². The lowest BCUT2D eigenvalue weighted by atomic mass is 10.1. The summed E-state index contributed by atoms with van der Waals surface area (Å²) in [6.45, 7) is 3.84. The van der Waals surface area contributed by atoms with Gasteiger partial charge in [-0.3, -0.25) is 9.59 Å². The van der Waals surface area contributed by atoms with Gasteiger partial charge in [-0.15, -0.1) is 11.3 Å². The number of nitrogens with one attached hydrogen (secondary N) is 2. The third kappa shape index (κ3) is 6.35. The standard InChI is InChI=1S/C13H20N2O3S/c1-9(8-10(2)16)15-12(17)5-6-14-13(18)11-4-3-7-19-11/h3-4,7,9-10,16H,5-6,8H2,1-2H3,(H,14,18)(H,15,17). The number of rotatable bonds is 7. The van der Waals surface area contributed by atoms with E-state index in [1.165, 1.54) is 11.3 Å². The van der Waals surface area contributed by atoms with Gasteiger partial charge in [-0.25, -0.2) is 0 Å². The predicted molar refractivity (Wildman–Crippen MR) is 75.2 cm³/mol. The number of aliphatic hydroxyl groups is 1. The molecule has 5 nitrogen and oxygen atoms in total. The van der Waals surface area contributed by atoms with Crippen molar-refractivity contribution in [2.24, 2.45) is 0 Å². The van der Waals surface area contributed by atoms with Crippen molar-refractivity contribution in [2.75, 3.05) is 6.54 Å². The molecule has 2 unspecified atom stereocenters. The van der Waals surface area contributed by atoms with Crippen LogP contribution in [0, 0.1) is 0 Å². The first-order chi connectivity index (χ1) is 8.99. The summed E-state index contributed by atoms with van der Waals surface area (Å²) in [7, 11) is 0. The highest BCUT2D eigenvalue weighted by atomic mass is 32.1. The Kier molecular flexibility index (Phi) is 6.52. The van der Waals surface area contributed by atoms with Gasteiger partial charge in [0, 0.05) is 19.0 Å². The summed E-state index contributed by atoms with van der Waals surface area (Å²) < 4.78 is 0. The van der Waals surface area contributed by atoms with Crippen LogP contribution in [0.5, 0.6) is 0 Å². The van der Waals surface area contributed by atoms with Gasteiger partial charge in [0.15, 0.2) is 0 Å². The minimum Gasteiger partial charge on any atom is -0.393 e. The van der Waals surface area contributed by atoms with Crippen LogP contribution in [0.2, 0.25) is 0 Å². The minimum absolute atomic E-state index is 0.0690. The van der Waals surface area contributed by atoms with Gasteiger partial charge in [0.1, 0.15) is 0 Å². The number of hydrogen-bond acceptors (Lipinski definition) is 4. The van der Waals surface area contributed by atoms with E-state index < -0.39 is 6.10 Å². The number of carbonyl (C=O) groups excluding carboxylic acids is 2. The molecule has 1 aromatic rings. The second-order valence-electron chi connectivity index (χ2n) is 4.54. The molecule has 2 amide bonds. The molecule has 0 aromatic carbocycles. The van der Waals surface area contributed by atoms with Crippen molar-refractivity contribution in [2.45, 2.75) is 38.8 Å². The molecule has 2 atom stereocenters. The zero-order valence-corrected chi connectivity index (χ0v) is 12.0. The van der Waals surface area contributed by atoms with Gasteiger partial charge in [0.25, 0.3) is 5.91 Å². The van der Waals surface area contributed by atoms with E-state index in [1.807, 2.05) is 18.4 Å². The minimum atomic E-state index is -0.436. The van der Waals surface area contributed by atoms with E-state index in [0.29, 0.717) is 17.8 Å². The highest BCUT2D eigenvalue weighted by Crippen LogP contribution is 2.07. The lowest BCUT2D eigenvalue weighted by Gasteiger charge is -2.15. The van der Waals surface area contributed by atoms with Crippen molar-refractivity contribution < 1.29 is 14.7 Å². The van der Waals surface area contributed by atoms with E-state index in [0.717, 1.165) is 0 Å². The van der Waals surface area contributed by atoms with Gasteiger partial charge in [-0.2, -0.15) is 0 Å². The molecule has 1 rings (SSSR count). The first kappa shape index (κ1) is 15.7. The second kappa shape index (κ2) is 7.91. The Bertz CT molecular complexity index is 404. The van der Waals surface area contributed by atoms with Crippen molar-refractivity contribution in [3.8, 4) is 0 Å². The molecule has 0 aliphatic rings. The summed E-state index contributed by atoms with van der Waals surface area (Å²) in [6, 6.07) is 3.48. The zero-order chi connectivity index (χ0) is 14.3. The molecule has 0 radical (unpaired) electrons. The number of hydrogen-bond donors (Lipinski definition) is 3. The van der Waals surface area contributed by atoms with Crippen LogP contribution in [-0.4, -0.2) is 35.6 Å². The normalized spacial score (nSPS) is 13.6. The highest BCUT2D eigenvalue weighted by molar-refractivity contribution is 7.12. The number of aliphatic hydroxyl groups excluding tert-OH is 1. The topological polar surface area (TPSA) is 78.4 Å². The Morgan fingerprint density at radius 3 is 2.74 bits per heavy atom. The van der Waals surface area contributed by atoms with Crippen molar-refractivity contribution >= 4 is 23.2 Å². The Morgan fingerprint density at radius 2 is 2.16 bits per heavy atom. The molecular weight excluding hydrogens is 264 g/mol. The van der Waals surface area contributed by atoms with Gasteiger partial charge in [-0.05, 0) is 31.7 Å². The first-order valence-corrected chi connectivity index (χ1v) is 7.16. The summed E-state index contributed by atoms with van der Waals surface area (Å²) in [5, 5.41) is 16.5. The smallest absolute Gasteiger partial charge is 0.261 e. The van der Waals surface area contributed by atoms with Gasteiger partial charge in [-0.1, -0.05) is 6.07 Å². The molecule has 106 valence electrons. The molecule has 0 aliphatic carbocycles. The lowest BCUT2D eigenvalue weighted by molar-refractivity contribution is -0.121. The third-order valence-corrected chi connectivity index (χ3v) is 3.35. The molecule has 1 aromatic heterocycles. The van der Waals surface area contributed by atoms with Crippen LogP contribution in [0.4, 0.5) is 0 Å². The van der Waals surface area contributed by atoms with E-state index >= 15 is 0 Å². The molecule has 0 aliphatic heterocycles. The third-order valence-electron chi connectivity index (χ3n) is 2.48. The molecule has 19 heavy (non-hydrogen) atoms. The average Bonchev–Trinajstić information content (AvgIpc) is 2.80. The van der Waals surface area contributed by atoms with Crippen LogP contribution in [0.1, 0.15) is 36.4 Å². The van der Waals surface area contributed by atoms with Crippen LogP contribution >= 0.6 is 11.3 Å². The van der Waals surface area contributed by atoms with Crippen molar-refractivity contribution in [1.29, 1.82) is 0 Å². The average molecular weight is 284 g/mol. The Balaban J connectivity index is 2.18. The van der Waals surface area contributed by atoms with Crippen LogP contribution in [0.15, 0.2) is 17.5 Å². The van der Waals surface area contributed by atoms with E-state index in [9.17, 15) is 14.7 Å². The van der Waals surface area contributed by atoms with Gasteiger partial charge in [0.05, 0.1) is 11.0 Å². The molecule has 3 N–H and O–H groups in total. The van der Waals surface area contributed by atoms with Gasteiger partial charge in [0.2, 0.25) is 5.91 Å². The van der Waals surface area contributed by atoms with Crippen LogP contribution in [-0.2, 0) is 4.79 Å². The molecule has 0 spiro atoms. The Hall–Kier alpha value is -1.40. The Morgan fingerprint density at radius 1 is 1.42 bits per heavy atom. The maximum Gasteiger partial charge on any atom is 0.261 e. The van der Waals surface area contributed by atoms with Crippen LogP contribution < -0.4 is 10.6 Å². The maximum absolute atomic E-state index is 11.6. The van der Waals surface area contributed by atoms with Crippen molar-refractivity contribution in [3.63, 3.8) is 0 Å². The summed E-state index contributed by atoms with van der Waals surface area (Å²) in [5.74, 6) is -0.278. The molecule has 6 heteroatoms.